The Morgan fingerprint density at radius 3 is 2.58 bits per heavy atom. The van der Waals surface area contributed by atoms with Crippen LogP contribution >= 0.6 is 0 Å². The Morgan fingerprint density at radius 1 is 1.09 bits per heavy atom. The summed E-state index contributed by atoms with van der Waals surface area (Å²) < 4.78 is 1.85. The molecule has 0 saturated heterocycles. The largest absolute Gasteiger partial charge is 0.348 e. The zero-order chi connectivity index (χ0) is 23.2. The second-order valence-electron chi connectivity index (χ2n) is 8.60. The first-order valence-electron chi connectivity index (χ1n) is 11.5. The highest BCUT2D eigenvalue weighted by molar-refractivity contribution is 5.95. The molecule has 1 aromatic heterocycles. The summed E-state index contributed by atoms with van der Waals surface area (Å²) in [6, 6.07) is 19.8. The van der Waals surface area contributed by atoms with Gasteiger partial charge in [0, 0.05) is 37.2 Å². The minimum absolute atomic E-state index is 0.0668. The van der Waals surface area contributed by atoms with Gasteiger partial charge in [-0.25, -0.2) is 4.68 Å². The molecule has 7 heteroatoms. The summed E-state index contributed by atoms with van der Waals surface area (Å²) in [6.07, 6.45) is 3.02. The molecule has 33 heavy (non-hydrogen) atoms. The van der Waals surface area contributed by atoms with Crippen molar-refractivity contribution < 1.29 is 9.59 Å². The van der Waals surface area contributed by atoms with Gasteiger partial charge in [-0.3, -0.25) is 14.5 Å². The minimum atomic E-state index is -0.0753. The lowest BCUT2D eigenvalue weighted by Crippen LogP contribution is -2.42. The fraction of sp³-hybridized carbons (Fsp3) is 0.346. The number of carbonyl (C=O) groups is 2. The van der Waals surface area contributed by atoms with Gasteiger partial charge in [0.2, 0.25) is 5.91 Å². The summed E-state index contributed by atoms with van der Waals surface area (Å²) in [5.74, 6) is 0.836. The van der Waals surface area contributed by atoms with Gasteiger partial charge in [-0.05, 0) is 36.7 Å². The topological polar surface area (TPSA) is 70.5 Å². The lowest BCUT2D eigenvalue weighted by Gasteiger charge is -2.27. The molecule has 0 fully saturated rings. The monoisotopic (exact) mass is 445 g/mol. The van der Waals surface area contributed by atoms with Crippen molar-refractivity contribution in [2.24, 2.45) is 0 Å². The third kappa shape index (κ3) is 5.68. The molecule has 1 N–H and O–H groups in total. The number of nitrogens with one attached hydrogen (secondary N) is 1. The molecule has 2 heterocycles. The highest BCUT2D eigenvalue weighted by atomic mass is 16.2. The molecular weight excluding hydrogens is 414 g/mol. The average Bonchev–Trinajstić information content (AvgIpc) is 3.30. The summed E-state index contributed by atoms with van der Waals surface area (Å²) >= 11 is 0. The molecule has 1 atom stereocenters. The lowest BCUT2D eigenvalue weighted by molar-refractivity contribution is -0.119. The molecular formula is C26H31N5O2. The number of amides is 2. The van der Waals surface area contributed by atoms with E-state index >= 15 is 0 Å². The first kappa shape index (κ1) is 22.7. The zero-order valence-corrected chi connectivity index (χ0v) is 19.3. The summed E-state index contributed by atoms with van der Waals surface area (Å²) in [5.41, 5.74) is 2.86. The number of hydrogen-bond donors (Lipinski definition) is 1. The van der Waals surface area contributed by atoms with Crippen molar-refractivity contribution in [3.05, 3.63) is 83.6 Å². The van der Waals surface area contributed by atoms with Crippen molar-refractivity contribution in [2.45, 2.75) is 45.4 Å². The molecule has 1 aliphatic rings. The zero-order valence-electron chi connectivity index (χ0n) is 19.3. The predicted octanol–water partition coefficient (Wildman–Crippen LogP) is 3.46. The maximum Gasteiger partial charge on any atom is 0.251 e. The molecule has 2 aromatic carbocycles. The van der Waals surface area contributed by atoms with E-state index < -0.39 is 0 Å². The van der Waals surface area contributed by atoms with Crippen LogP contribution in [0.1, 0.15) is 41.3 Å². The van der Waals surface area contributed by atoms with Crippen molar-refractivity contribution in [1.29, 1.82) is 0 Å². The van der Waals surface area contributed by atoms with E-state index in [0.29, 0.717) is 25.1 Å². The van der Waals surface area contributed by atoms with Crippen molar-refractivity contribution in [1.82, 2.24) is 20.0 Å². The van der Waals surface area contributed by atoms with Crippen molar-refractivity contribution in [3.63, 3.8) is 0 Å². The van der Waals surface area contributed by atoms with Crippen molar-refractivity contribution >= 4 is 17.6 Å². The Balaban J connectivity index is 1.33. The van der Waals surface area contributed by atoms with Gasteiger partial charge in [0.05, 0.1) is 19.3 Å². The molecule has 4 rings (SSSR count). The fourth-order valence-corrected chi connectivity index (χ4v) is 4.19. The Hall–Kier alpha value is -3.45. The van der Waals surface area contributed by atoms with Crippen LogP contribution in [0.2, 0.25) is 0 Å². The number of carbonyl (C=O) groups excluding carboxylic acids is 2. The molecule has 172 valence electrons. The Kier molecular flexibility index (Phi) is 7.19. The Labute approximate surface area is 195 Å². The molecule has 0 aliphatic carbocycles. The molecule has 0 saturated carbocycles. The summed E-state index contributed by atoms with van der Waals surface area (Å²) in [6.45, 7) is 4.80. The maximum absolute atomic E-state index is 12.8. The third-order valence-electron chi connectivity index (χ3n) is 6.02. The standard InChI is InChI=1S/C26H31N5O2/c1-3-23(19-29(2)17-20-7-5-4-6-8-20)28-26(33)22-11-9-21(10-12-22)18-30-24-13-15-27-31(24)16-14-25(30)32/h4-13,15,23H,3,14,16-19H2,1-2H3,(H,28,33)/t23-/m0/s1. The summed E-state index contributed by atoms with van der Waals surface area (Å²) in [5, 5.41) is 7.43. The first-order chi connectivity index (χ1) is 16.0. The third-order valence-corrected chi connectivity index (χ3v) is 6.02. The number of hydrogen-bond acceptors (Lipinski definition) is 4. The molecule has 0 unspecified atom stereocenters. The van der Waals surface area contributed by atoms with Gasteiger partial charge in [-0.2, -0.15) is 5.10 Å². The lowest BCUT2D eigenvalue weighted by atomic mass is 10.1. The van der Waals surface area contributed by atoms with Gasteiger partial charge < -0.3 is 10.2 Å². The van der Waals surface area contributed by atoms with Gasteiger partial charge in [-0.15, -0.1) is 0 Å². The summed E-state index contributed by atoms with van der Waals surface area (Å²) in [4.78, 5) is 29.2. The molecule has 0 bridgehead atoms. The molecule has 0 spiro atoms. The molecule has 0 radical (unpaired) electrons. The molecule has 3 aromatic rings. The number of nitrogens with zero attached hydrogens (tertiary/aromatic N) is 4. The second-order valence-corrected chi connectivity index (χ2v) is 8.60. The van der Waals surface area contributed by atoms with Crippen LogP contribution in [0.4, 0.5) is 5.82 Å². The van der Waals surface area contributed by atoms with Crippen LogP contribution < -0.4 is 10.2 Å². The highest BCUT2D eigenvalue weighted by Crippen LogP contribution is 2.23. The van der Waals surface area contributed by atoms with Gasteiger partial charge in [-0.1, -0.05) is 49.4 Å². The van der Waals surface area contributed by atoms with Crippen LogP contribution in [0.5, 0.6) is 0 Å². The maximum atomic E-state index is 12.8. The van der Waals surface area contributed by atoms with Crippen LogP contribution in [0.25, 0.3) is 0 Å². The minimum Gasteiger partial charge on any atom is -0.348 e. The average molecular weight is 446 g/mol. The van der Waals surface area contributed by atoms with Crippen LogP contribution in [-0.2, 0) is 24.4 Å². The van der Waals surface area contributed by atoms with Crippen molar-refractivity contribution in [3.8, 4) is 0 Å². The fourth-order valence-electron chi connectivity index (χ4n) is 4.19. The van der Waals surface area contributed by atoms with Gasteiger partial charge >= 0.3 is 0 Å². The summed E-state index contributed by atoms with van der Waals surface area (Å²) in [7, 11) is 2.07. The van der Waals surface area contributed by atoms with E-state index in [9.17, 15) is 9.59 Å². The van der Waals surface area contributed by atoms with Crippen LogP contribution in [0.15, 0.2) is 66.9 Å². The van der Waals surface area contributed by atoms with Crippen LogP contribution in [0.3, 0.4) is 0 Å². The molecule has 7 nitrogen and oxygen atoms in total. The van der Waals surface area contributed by atoms with E-state index in [2.05, 4.69) is 41.4 Å². The smallest absolute Gasteiger partial charge is 0.251 e. The van der Waals surface area contributed by atoms with E-state index in [0.717, 1.165) is 30.9 Å². The number of fused-ring (bicyclic) bond motifs is 1. The van der Waals surface area contributed by atoms with Crippen LogP contribution in [0, 0.1) is 0 Å². The second kappa shape index (κ2) is 10.4. The number of benzene rings is 2. The van der Waals surface area contributed by atoms with E-state index in [1.807, 2.05) is 53.2 Å². The Morgan fingerprint density at radius 2 is 1.85 bits per heavy atom. The number of aromatic nitrogens is 2. The van der Waals surface area contributed by atoms with Gasteiger partial charge in [0.25, 0.3) is 5.91 Å². The van der Waals surface area contributed by atoms with Crippen molar-refractivity contribution in [2.75, 3.05) is 18.5 Å². The number of likely N-dealkylation sites (N-methyl/N-ethyl adjacent to an activating group) is 1. The van der Waals surface area contributed by atoms with Gasteiger partial charge in [0.15, 0.2) is 0 Å². The SMILES string of the molecule is CC[C@@H](CN(C)Cc1ccccc1)NC(=O)c1ccc(CN2C(=O)CCn3nccc32)cc1. The Bertz CT molecular complexity index is 1080. The van der Waals surface area contributed by atoms with E-state index in [1.54, 1.807) is 11.1 Å². The van der Waals surface area contributed by atoms with Crippen LogP contribution in [-0.4, -0.2) is 46.1 Å². The normalized spacial score (nSPS) is 14.3. The number of aryl methyl sites for hydroxylation is 1. The quantitative estimate of drug-likeness (QED) is 0.548. The van der Waals surface area contributed by atoms with E-state index in [4.69, 9.17) is 0 Å². The van der Waals surface area contributed by atoms with E-state index in [1.165, 1.54) is 5.56 Å². The molecule has 2 amide bonds. The first-order valence-corrected chi connectivity index (χ1v) is 11.5. The number of anilines is 1. The molecule has 1 aliphatic heterocycles. The van der Waals surface area contributed by atoms with E-state index in [-0.39, 0.29) is 17.9 Å². The predicted molar refractivity (Wildman–Crippen MR) is 129 cm³/mol. The highest BCUT2D eigenvalue weighted by Gasteiger charge is 2.24. The number of rotatable bonds is 9. The van der Waals surface area contributed by atoms with Gasteiger partial charge in [0.1, 0.15) is 5.82 Å².